The lowest BCUT2D eigenvalue weighted by Gasteiger charge is -2.14. The summed E-state index contributed by atoms with van der Waals surface area (Å²) in [6.45, 7) is 5.79. The van der Waals surface area contributed by atoms with Crippen molar-refractivity contribution in [1.29, 1.82) is 0 Å². The summed E-state index contributed by atoms with van der Waals surface area (Å²) in [7, 11) is 0. The van der Waals surface area contributed by atoms with E-state index in [0.717, 1.165) is 5.39 Å². The molecule has 24 heavy (non-hydrogen) atoms. The van der Waals surface area contributed by atoms with E-state index < -0.39 is 0 Å². The van der Waals surface area contributed by atoms with Gasteiger partial charge in [-0.1, -0.05) is 42.5 Å². The summed E-state index contributed by atoms with van der Waals surface area (Å²) in [4.78, 5) is 11.2. The van der Waals surface area contributed by atoms with E-state index in [1.54, 1.807) is 0 Å². The zero-order valence-electron chi connectivity index (χ0n) is 14.0. The van der Waals surface area contributed by atoms with E-state index in [4.69, 9.17) is 4.74 Å². The lowest BCUT2D eigenvalue weighted by Crippen LogP contribution is -2.01. The van der Waals surface area contributed by atoms with Gasteiger partial charge in [-0.05, 0) is 69.4 Å². The topological polar surface area (TPSA) is 26.3 Å². The van der Waals surface area contributed by atoms with Gasteiger partial charge >= 0.3 is 5.97 Å². The fourth-order valence-corrected chi connectivity index (χ4v) is 3.67. The number of carbonyl (C=O) groups is 1. The van der Waals surface area contributed by atoms with E-state index in [1.165, 1.54) is 45.0 Å². The van der Waals surface area contributed by atoms with Gasteiger partial charge < -0.3 is 4.74 Å². The van der Waals surface area contributed by atoms with Gasteiger partial charge in [0.05, 0.1) is 0 Å². The van der Waals surface area contributed by atoms with E-state index in [9.17, 15) is 4.79 Å². The molecule has 0 aromatic heterocycles. The van der Waals surface area contributed by atoms with Gasteiger partial charge in [0, 0.05) is 6.92 Å². The van der Waals surface area contributed by atoms with Gasteiger partial charge in [-0.2, -0.15) is 0 Å². The zero-order valence-corrected chi connectivity index (χ0v) is 14.0. The monoisotopic (exact) mass is 314 g/mol. The Bertz CT molecular complexity index is 1120. The van der Waals surface area contributed by atoms with Crippen molar-refractivity contribution in [1.82, 2.24) is 0 Å². The van der Waals surface area contributed by atoms with Crippen LogP contribution in [0, 0.1) is 13.8 Å². The highest BCUT2D eigenvalue weighted by atomic mass is 16.5. The number of fused-ring (bicyclic) bond motifs is 4. The van der Waals surface area contributed by atoms with Crippen LogP contribution in [-0.2, 0) is 4.79 Å². The molecule has 0 fully saturated rings. The van der Waals surface area contributed by atoms with Gasteiger partial charge in [0.25, 0.3) is 0 Å². The second-order valence-corrected chi connectivity index (χ2v) is 6.26. The highest BCUT2D eigenvalue weighted by Crippen LogP contribution is 2.37. The first-order chi connectivity index (χ1) is 11.6. The molecule has 2 nitrogen and oxygen atoms in total. The SMILES string of the molecule is CC(=O)Oc1ccc2c(ccc3c(C)c4ccccc4c(C)c32)c1. The quantitative estimate of drug-likeness (QED) is 0.195. The fraction of sp³-hybridized carbons (Fsp3) is 0.136. The Balaban J connectivity index is 2.12. The Hall–Kier alpha value is -2.87. The molecule has 118 valence electrons. The molecule has 2 heteroatoms. The van der Waals surface area contributed by atoms with Crippen LogP contribution in [0.25, 0.3) is 32.3 Å². The minimum atomic E-state index is -0.298. The number of esters is 1. The molecule has 0 heterocycles. The van der Waals surface area contributed by atoms with Gasteiger partial charge in [0.2, 0.25) is 0 Å². The predicted molar refractivity (Wildman–Crippen MR) is 99.7 cm³/mol. The highest BCUT2D eigenvalue weighted by Gasteiger charge is 2.11. The lowest BCUT2D eigenvalue weighted by molar-refractivity contribution is -0.131. The summed E-state index contributed by atoms with van der Waals surface area (Å²) in [6.07, 6.45) is 0. The van der Waals surface area contributed by atoms with Crippen LogP contribution in [0.1, 0.15) is 18.1 Å². The second-order valence-electron chi connectivity index (χ2n) is 6.26. The van der Waals surface area contributed by atoms with Gasteiger partial charge in [-0.15, -0.1) is 0 Å². The first-order valence-electron chi connectivity index (χ1n) is 8.09. The maximum absolute atomic E-state index is 11.2. The van der Waals surface area contributed by atoms with Gasteiger partial charge in [0.15, 0.2) is 0 Å². The van der Waals surface area contributed by atoms with E-state index in [0.29, 0.717) is 5.75 Å². The summed E-state index contributed by atoms with van der Waals surface area (Å²) in [5.74, 6) is 0.290. The Kier molecular flexibility index (Phi) is 3.27. The van der Waals surface area contributed by atoms with Gasteiger partial charge in [-0.25, -0.2) is 0 Å². The van der Waals surface area contributed by atoms with Crippen molar-refractivity contribution in [3.8, 4) is 5.75 Å². The molecule has 0 aliphatic rings. The summed E-state index contributed by atoms with van der Waals surface area (Å²) >= 11 is 0. The number of rotatable bonds is 1. The van der Waals surface area contributed by atoms with Crippen molar-refractivity contribution >= 4 is 38.3 Å². The predicted octanol–water partition coefficient (Wildman–Crippen LogP) is 5.69. The molecule has 0 saturated carbocycles. The third kappa shape index (κ3) is 2.15. The minimum Gasteiger partial charge on any atom is -0.427 e. The number of hydrogen-bond acceptors (Lipinski definition) is 2. The maximum atomic E-state index is 11.2. The number of carbonyl (C=O) groups excluding carboxylic acids is 1. The molecule has 0 N–H and O–H groups in total. The second kappa shape index (κ2) is 5.34. The van der Waals surface area contributed by atoms with Crippen LogP contribution in [0.3, 0.4) is 0 Å². The Morgan fingerprint density at radius 2 is 1.46 bits per heavy atom. The van der Waals surface area contributed by atoms with Crippen molar-refractivity contribution in [2.24, 2.45) is 0 Å². The molecule has 0 saturated heterocycles. The molecule has 0 spiro atoms. The van der Waals surface area contributed by atoms with E-state index in [1.807, 2.05) is 12.1 Å². The summed E-state index contributed by atoms with van der Waals surface area (Å²) in [5, 5.41) is 7.42. The summed E-state index contributed by atoms with van der Waals surface area (Å²) in [5.41, 5.74) is 2.59. The normalized spacial score (nSPS) is 11.3. The lowest BCUT2D eigenvalue weighted by atomic mass is 9.90. The number of benzene rings is 4. The zero-order chi connectivity index (χ0) is 16.8. The third-order valence-electron chi connectivity index (χ3n) is 4.77. The van der Waals surface area contributed by atoms with Crippen molar-refractivity contribution < 1.29 is 9.53 Å². The molecule has 4 aromatic carbocycles. The largest absolute Gasteiger partial charge is 0.427 e. The van der Waals surface area contributed by atoms with E-state index in [2.05, 4.69) is 56.3 Å². The van der Waals surface area contributed by atoms with Crippen LogP contribution in [0.4, 0.5) is 0 Å². The molecule has 0 radical (unpaired) electrons. The molecular weight excluding hydrogens is 296 g/mol. The maximum Gasteiger partial charge on any atom is 0.308 e. The Morgan fingerprint density at radius 1 is 0.792 bits per heavy atom. The smallest absolute Gasteiger partial charge is 0.308 e. The molecule has 4 rings (SSSR count). The molecular formula is C22H18O2. The van der Waals surface area contributed by atoms with Crippen molar-refractivity contribution in [3.05, 3.63) is 65.7 Å². The number of aryl methyl sites for hydroxylation is 2. The minimum absolute atomic E-state index is 0.298. The van der Waals surface area contributed by atoms with Crippen LogP contribution < -0.4 is 4.74 Å². The van der Waals surface area contributed by atoms with Crippen LogP contribution in [0.15, 0.2) is 54.6 Å². The van der Waals surface area contributed by atoms with Crippen LogP contribution in [0.5, 0.6) is 5.75 Å². The first kappa shape index (κ1) is 14.7. The Labute approximate surface area is 140 Å². The number of hydrogen-bond donors (Lipinski definition) is 0. The van der Waals surface area contributed by atoms with E-state index in [-0.39, 0.29) is 5.97 Å². The average Bonchev–Trinajstić information content (AvgIpc) is 2.58. The molecule has 0 aliphatic carbocycles. The molecule has 4 aromatic rings. The van der Waals surface area contributed by atoms with Crippen molar-refractivity contribution in [2.45, 2.75) is 20.8 Å². The first-order valence-corrected chi connectivity index (χ1v) is 8.09. The molecule has 0 aliphatic heterocycles. The van der Waals surface area contributed by atoms with E-state index >= 15 is 0 Å². The standard InChI is InChI=1S/C22H18O2/c1-13-18-6-4-5-7-19(18)14(2)22-20(13)10-8-16-12-17(24-15(3)23)9-11-21(16)22/h4-12H,1-3H3. The average molecular weight is 314 g/mol. The fourth-order valence-electron chi connectivity index (χ4n) is 3.67. The summed E-state index contributed by atoms with van der Waals surface area (Å²) in [6, 6.07) is 18.7. The molecule has 0 unspecified atom stereocenters. The Morgan fingerprint density at radius 3 is 2.17 bits per heavy atom. The molecule has 0 amide bonds. The highest BCUT2D eigenvalue weighted by molar-refractivity contribution is 6.16. The van der Waals surface area contributed by atoms with Gasteiger partial charge in [-0.3, -0.25) is 4.79 Å². The molecule has 0 bridgehead atoms. The van der Waals surface area contributed by atoms with Gasteiger partial charge in [0.1, 0.15) is 5.75 Å². The van der Waals surface area contributed by atoms with Crippen molar-refractivity contribution in [3.63, 3.8) is 0 Å². The van der Waals surface area contributed by atoms with Crippen LogP contribution >= 0.6 is 0 Å². The van der Waals surface area contributed by atoms with Crippen LogP contribution in [0.2, 0.25) is 0 Å². The van der Waals surface area contributed by atoms with Crippen molar-refractivity contribution in [2.75, 3.05) is 0 Å². The summed E-state index contributed by atoms with van der Waals surface area (Å²) < 4.78 is 5.22. The number of ether oxygens (including phenoxy) is 1. The third-order valence-corrected chi connectivity index (χ3v) is 4.77. The van der Waals surface area contributed by atoms with Crippen LogP contribution in [-0.4, -0.2) is 5.97 Å². The molecule has 0 atom stereocenters.